The zero-order valence-electron chi connectivity index (χ0n) is 18.4. The number of hydrogen-bond donors (Lipinski definition) is 0. The first-order valence-electron chi connectivity index (χ1n) is 9.94. The molecule has 0 aliphatic carbocycles. The molecule has 0 bridgehead atoms. The molecule has 1 saturated heterocycles. The van der Waals surface area contributed by atoms with E-state index in [1.807, 2.05) is 0 Å². The SMILES string of the molecule is C=CCO/C(=C/[C@H]([C@@H](CC)C(=O)N1C(=O)OC[C@@H]1C(C)C)C(F)(F)F)O[Si](C)(C)C. The normalized spacial score (nSPS) is 20.1. The maximum atomic E-state index is 14.0. The van der Waals surface area contributed by atoms with Gasteiger partial charge in [-0.2, -0.15) is 13.2 Å². The van der Waals surface area contributed by atoms with E-state index < -0.39 is 44.4 Å². The van der Waals surface area contributed by atoms with Crippen LogP contribution in [-0.2, 0) is 18.7 Å². The zero-order valence-corrected chi connectivity index (χ0v) is 19.4. The van der Waals surface area contributed by atoms with Crippen molar-refractivity contribution in [3.05, 3.63) is 24.7 Å². The molecule has 1 aliphatic heterocycles. The zero-order chi connectivity index (χ0) is 23.3. The lowest BCUT2D eigenvalue weighted by molar-refractivity contribution is -0.182. The Bertz CT molecular complexity index is 658. The van der Waals surface area contributed by atoms with E-state index in [-0.39, 0.29) is 31.5 Å². The third-order valence-electron chi connectivity index (χ3n) is 4.55. The molecular weight excluding hydrogens is 419 g/mol. The minimum Gasteiger partial charge on any atom is -0.520 e. The van der Waals surface area contributed by atoms with Crippen LogP contribution in [0.25, 0.3) is 0 Å². The third-order valence-corrected chi connectivity index (χ3v) is 5.36. The van der Waals surface area contributed by atoms with Crippen molar-refractivity contribution in [2.45, 2.75) is 59.1 Å². The summed E-state index contributed by atoms with van der Waals surface area (Å²) < 4.78 is 58.0. The average molecular weight is 452 g/mol. The lowest BCUT2D eigenvalue weighted by atomic mass is 9.87. The molecule has 0 aromatic carbocycles. The number of ether oxygens (including phenoxy) is 2. The van der Waals surface area contributed by atoms with E-state index in [0.717, 1.165) is 11.0 Å². The summed E-state index contributed by atoms with van der Waals surface area (Å²) in [4.78, 5) is 26.0. The lowest BCUT2D eigenvalue weighted by Crippen LogP contribution is -2.48. The van der Waals surface area contributed by atoms with Crippen LogP contribution in [0.1, 0.15) is 27.2 Å². The van der Waals surface area contributed by atoms with Gasteiger partial charge in [-0.3, -0.25) is 4.79 Å². The Labute approximate surface area is 177 Å². The number of rotatable bonds is 10. The van der Waals surface area contributed by atoms with Crippen LogP contribution in [-0.4, -0.2) is 50.6 Å². The molecule has 10 heteroatoms. The molecule has 0 aromatic rings. The van der Waals surface area contributed by atoms with E-state index in [9.17, 15) is 22.8 Å². The summed E-state index contributed by atoms with van der Waals surface area (Å²) in [6, 6.07) is -0.605. The van der Waals surface area contributed by atoms with Gasteiger partial charge in [0.1, 0.15) is 13.2 Å². The first kappa shape index (κ1) is 26.1. The molecule has 0 spiro atoms. The van der Waals surface area contributed by atoms with E-state index in [4.69, 9.17) is 13.9 Å². The monoisotopic (exact) mass is 451 g/mol. The Hall–Kier alpha value is -1.97. The molecule has 1 rings (SSSR count). The van der Waals surface area contributed by atoms with Gasteiger partial charge in [-0.25, -0.2) is 9.69 Å². The smallest absolute Gasteiger partial charge is 0.416 e. The number of cyclic esters (lactones) is 1. The molecule has 0 unspecified atom stereocenters. The topological polar surface area (TPSA) is 65.1 Å². The highest BCUT2D eigenvalue weighted by Crippen LogP contribution is 2.38. The Kier molecular flexibility index (Phi) is 9.00. The third kappa shape index (κ3) is 7.07. The summed E-state index contributed by atoms with van der Waals surface area (Å²) in [5.41, 5.74) is 0. The predicted molar refractivity (Wildman–Crippen MR) is 109 cm³/mol. The van der Waals surface area contributed by atoms with Crippen LogP contribution in [0.4, 0.5) is 18.0 Å². The highest BCUT2D eigenvalue weighted by Gasteiger charge is 2.50. The number of hydrogen-bond acceptors (Lipinski definition) is 5. The van der Waals surface area contributed by atoms with Crippen LogP contribution in [0.5, 0.6) is 0 Å². The van der Waals surface area contributed by atoms with Crippen molar-refractivity contribution < 1.29 is 36.7 Å². The van der Waals surface area contributed by atoms with Gasteiger partial charge in [0.15, 0.2) is 0 Å². The molecule has 6 nitrogen and oxygen atoms in total. The van der Waals surface area contributed by atoms with Gasteiger partial charge in [0, 0.05) is 6.08 Å². The van der Waals surface area contributed by atoms with Gasteiger partial charge in [0.25, 0.3) is 5.95 Å². The Balaban J connectivity index is 3.36. The lowest BCUT2D eigenvalue weighted by Gasteiger charge is -2.31. The van der Waals surface area contributed by atoms with E-state index in [0.29, 0.717) is 0 Å². The van der Waals surface area contributed by atoms with Gasteiger partial charge in [-0.05, 0) is 32.0 Å². The number of alkyl halides is 3. The molecule has 0 aromatic heterocycles. The number of allylic oxidation sites excluding steroid dienone is 1. The van der Waals surface area contributed by atoms with E-state index in [1.54, 1.807) is 33.5 Å². The summed E-state index contributed by atoms with van der Waals surface area (Å²) in [5.74, 6) is -5.06. The van der Waals surface area contributed by atoms with Gasteiger partial charge in [0.05, 0.1) is 17.9 Å². The highest BCUT2D eigenvalue weighted by molar-refractivity contribution is 6.70. The fourth-order valence-electron chi connectivity index (χ4n) is 3.08. The van der Waals surface area contributed by atoms with Crippen LogP contribution in [0.15, 0.2) is 24.7 Å². The fraction of sp³-hybridized carbons (Fsp3) is 0.700. The second-order valence-electron chi connectivity index (χ2n) is 8.48. The molecule has 0 saturated carbocycles. The van der Waals surface area contributed by atoms with Crippen molar-refractivity contribution >= 4 is 20.3 Å². The van der Waals surface area contributed by atoms with Gasteiger partial charge in [-0.1, -0.05) is 33.4 Å². The molecular formula is C20H32F3NO5Si. The van der Waals surface area contributed by atoms with Crippen molar-refractivity contribution in [2.24, 2.45) is 17.8 Å². The minimum atomic E-state index is -4.75. The fourth-order valence-corrected chi connectivity index (χ4v) is 3.81. The second-order valence-corrected chi connectivity index (χ2v) is 12.9. The van der Waals surface area contributed by atoms with Crippen LogP contribution in [0.2, 0.25) is 19.6 Å². The van der Waals surface area contributed by atoms with Gasteiger partial charge in [-0.15, -0.1) is 0 Å². The Morgan fingerprint density at radius 2 is 1.97 bits per heavy atom. The number of carbonyl (C=O) groups excluding carboxylic acids is 2. The van der Waals surface area contributed by atoms with Crippen molar-refractivity contribution in [3.8, 4) is 0 Å². The highest BCUT2D eigenvalue weighted by atomic mass is 28.4. The maximum absolute atomic E-state index is 14.0. The predicted octanol–water partition coefficient (Wildman–Crippen LogP) is 5.09. The maximum Gasteiger partial charge on any atom is 0.416 e. The number of amides is 2. The molecule has 30 heavy (non-hydrogen) atoms. The molecule has 1 aliphatic rings. The van der Waals surface area contributed by atoms with Gasteiger partial charge >= 0.3 is 12.3 Å². The largest absolute Gasteiger partial charge is 0.520 e. The van der Waals surface area contributed by atoms with E-state index in [2.05, 4.69) is 6.58 Å². The number of carbonyl (C=O) groups is 2. The van der Waals surface area contributed by atoms with Crippen LogP contribution in [0.3, 0.4) is 0 Å². The molecule has 0 radical (unpaired) electrons. The molecule has 1 fully saturated rings. The average Bonchev–Trinajstić information content (AvgIpc) is 2.98. The summed E-state index contributed by atoms with van der Waals surface area (Å²) in [6.45, 7) is 13.9. The van der Waals surface area contributed by atoms with E-state index >= 15 is 0 Å². The molecule has 1 heterocycles. The first-order chi connectivity index (χ1) is 13.7. The Morgan fingerprint density at radius 3 is 2.40 bits per heavy atom. The van der Waals surface area contributed by atoms with Crippen LogP contribution < -0.4 is 0 Å². The van der Waals surface area contributed by atoms with Crippen LogP contribution >= 0.6 is 0 Å². The minimum absolute atomic E-state index is 0.0301. The molecule has 0 N–H and O–H groups in total. The summed E-state index contributed by atoms with van der Waals surface area (Å²) in [5, 5.41) is 0. The molecule has 3 atom stereocenters. The van der Waals surface area contributed by atoms with Crippen molar-refractivity contribution in [1.82, 2.24) is 4.90 Å². The van der Waals surface area contributed by atoms with Crippen molar-refractivity contribution in [3.63, 3.8) is 0 Å². The Morgan fingerprint density at radius 1 is 1.37 bits per heavy atom. The number of halogens is 3. The quantitative estimate of drug-likeness (QED) is 0.263. The standard InChI is InChI=1S/C20H32F3NO5Si/c1-8-10-27-17(29-30(5,6)7)11-15(20(21,22)23)14(9-2)18(25)24-16(13(3)4)12-28-19(24)26/h8,11,13-16H,1,9-10,12H2,2-7H3/b17-11-/t14-,15-,16-/m1/s1. The van der Waals surface area contributed by atoms with Gasteiger partial charge in [0.2, 0.25) is 14.2 Å². The summed E-state index contributed by atoms with van der Waals surface area (Å²) in [7, 11) is -2.30. The van der Waals surface area contributed by atoms with Gasteiger partial charge < -0.3 is 13.9 Å². The molecule has 172 valence electrons. The first-order valence-corrected chi connectivity index (χ1v) is 13.3. The van der Waals surface area contributed by atoms with E-state index in [1.165, 1.54) is 13.0 Å². The van der Waals surface area contributed by atoms with Crippen molar-refractivity contribution in [1.29, 1.82) is 0 Å². The number of nitrogens with zero attached hydrogens (tertiary/aromatic N) is 1. The molecule has 2 amide bonds. The van der Waals surface area contributed by atoms with Crippen LogP contribution in [0, 0.1) is 17.8 Å². The van der Waals surface area contributed by atoms with Crippen molar-refractivity contribution in [2.75, 3.05) is 13.2 Å². The number of imide groups is 1. The summed E-state index contributed by atoms with van der Waals surface area (Å²) in [6.07, 6.45) is -3.60. The summed E-state index contributed by atoms with van der Waals surface area (Å²) >= 11 is 0. The second kappa shape index (κ2) is 10.4.